The van der Waals surface area contributed by atoms with Crippen molar-refractivity contribution in [2.45, 2.75) is 13.2 Å². The van der Waals surface area contributed by atoms with Gasteiger partial charge in [-0.1, -0.05) is 18.2 Å². The van der Waals surface area contributed by atoms with Gasteiger partial charge in [0.1, 0.15) is 12.4 Å². The minimum atomic E-state index is 0.303. The average Bonchev–Trinajstić information content (AvgIpc) is 2.77. The molecule has 29 heavy (non-hydrogen) atoms. The van der Waals surface area contributed by atoms with E-state index in [1.54, 1.807) is 32.5 Å². The van der Waals surface area contributed by atoms with E-state index in [2.05, 4.69) is 15.3 Å². The van der Waals surface area contributed by atoms with Crippen LogP contribution in [0, 0.1) is 0 Å². The number of aliphatic imine (C=N–C) groups is 1. The molecule has 0 atom stereocenters. The van der Waals surface area contributed by atoms with Crippen LogP contribution in [-0.4, -0.2) is 25.2 Å². The second kappa shape index (κ2) is 9.98. The van der Waals surface area contributed by atoms with Crippen molar-refractivity contribution in [2.75, 3.05) is 19.5 Å². The van der Waals surface area contributed by atoms with Gasteiger partial charge in [0.2, 0.25) is 0 Å². The third-order valence-corrected chi connectivity index (χ3v) is 4.10. The average molecular weight is 392 g/mol. The standard InChI is InChI=1S/C22H24N4O3/c1-27-20-10-9-17(13-21(20)28-2)26-22(23)25-14-16-6-5-8-19(12-16)29-15-18-7-3-4-11-24-18/h3-13H,14-15H2,1-2H3,(H3,23,25,26). The Labute approximate surface area is 170 Å². The van der Waals surface area contributed by atoms with Gasteiger partial charge in [0.15, 0.2) is 17.5 Å². The summed E-state index contributed by atoms with van der Waals surface area (Å²) in [5.41, 5.74) is 8.64. The normalized spacial score (nSPS) is 11.0. The van der Waals surface area contributed by atoms with Crippen LogP contribution in [0.3, 0.4) is 0 Å². The maximum atomic E-state index is 6.02. The first-order valence-electron chi connectivity index (χ1n) is 9.08. The zero-order valence-electron chi connectivity index (χ0n) is 16.5. The Bertz CT molecular complexity index is 961. The minimum absolute atomic E-state index is 0.303. The van der Waals surface area contributed by atoms with Gasteiger partial charge >= 0.3 is 0 Å². The molecule has 3 aromatic rings. The quantitative estimate of drug-likeness (QED) is 0.450. The van der Waals surface area contributed by atoms with E-state index in [-0.39, 0.29) is 0 Å². The lowest BCUT2D eigenvalue weighted by atomic mass is 10.2. The lowest BCUT2D eigenvalue weighted by Crippen LogP contribution is -2.22. The van der Waals surface area contributed by atoms with Gasteiger partial charge in [-0.2, -0.15) is 0 Å². The number of anilines is 1. The Morgan fingerprint density at radius 3 is 2.62 bits per heavy atom. The van der Waals surface area contributed by atoms with Crippen LogP contribution in [0.5, 0.6) is 17.2 Å². The SMILES string of the molecule is COc1ccc(NC(N)=NCc2cccc(OCc3ccccn3)c2)cc1OC. The number of hydrogen-bond donors (Lipinski definition) is 2. The first-order chi connectivity index (χ1) is 14.2. The number of rotatable bonds is 8. The maximum absolute atomic E-state index is 6.02. The second-order valence-electron chi connectivity index (χ2n) is 6.15. The Morgan fingerprint density at radius 1 is 1.00 bits per heavy atom. The van der Waals surface area contributed by atoms with Gasteiger partial charge < -0.3 is 25.3 Å². The third-order valence-electron chi connectivity index (χ3n) is 4.10. The van der Waals surface area contributed by atoms with Crippen LogP contribution in [0.4, 0.5) is 5.69 Å². The molecule has 2 aromatic carbocycles. The summed E-state index contributed by atoms with van der Waals surface area (Å²) in [5, 5.41) is 3.05. The van der Waals surface area contributed by atoms with E-state index < -0.39 is 0 Å². The monoisotopic (exact) mass is 392 g/mol. The van der Waals surface area contributed by atoms with Crippen LogP contribution in [0.1, 0.15) is 11.3 Å². The van der Waals surface area contributed by atoms with Crippen molar-refractivity contribution in [3.8, 4) is 17.2 Å². The number of ether oxygens (including phenoxy) is 3. The molecule has 0 amide bonds. The number of pyridine rings is 1. The van der Waals surface area contributed by atoms with Crippen LogP contribution in [-0.2, 0) is 13.2 Å². The predicted molar refractivity (Wildman–Crippen MR) is 114 cm³/mol. The molecule has 3 N–H and O–H groups in total. The Morgan fingerprint density at radius 2 is 1.86 bits per heavy atom. The van der Waals surface area contributed by atoms with Crippen molar-refractivity contribution in [3.63, 3.8) is 0 Å². The smallest absolute Gasteiger partial charge is 0.193 e. The fourth-order valence-electron chi connectivity index (χ4n) is 2.65. The van der Waals surface area contributed by atoms with Crippen LogP contribution in [0.2, 0.25) is 0 Å². The highest BCUT2D eigenvalue weighted by Crippen LogP contribution is 2.29. The third kappa shape index (κ3) is 5.87. The predicted octanol–water partition coefficient (Wildman–Crippen LogP) is 3.60. The number of nitrogens with one attached hydrogen (secondary N) is 1. The van der Waals surface area contributed by atoms with Crippen molar-refractivity contribution < 1.29 is 14.2 Å². The Balaban J connectivity index is 1.59. The van der Waals surface area contributed by atoms with Crippen LogP contribution >= 0.6 is 0 Å². The largest absolute Gasteiger partial charge is 0.493 e. The van der Waals surface area contributed by atoms with Gasteiger partial charge in [0.25, 0.3) is 0 Å². The van der Waals surface area contributed by atoms with E-state index in [0.29, 0.717) is 30.6 Å². The van der Waals surface area contributed by atoms with Crippen LogP contribution < -0.4 is 25.3 Å². The van der Waals surface area contributed by atoms with Crippen molar-refractivity contribution >= 4 is 11.6 Å². The Kier molecular flexibility index (Phi) is 6.89. The van der Waals surface area contributed by atoms with Crippen molar-refractivity contribution in [1.29, 1.82) is 0 Å². The molecule has 7 heteroatoms. The molecule has 7 nitrogen and oxygen atoms in total. The van der Waals surface area contributed by atoms with Gasteiger partial charge in [-0.05, 0) is 42.0 Å². The molecule has 0 aliphatic rings. The highest BCUT2D eigenvalue weighted by Gasteiger charge is 2.05. The summed E-state index contributed by atoms with van der Waals surface area (Å²) in [4.78, 5) is 8.64. The van der Waals surface area contributed by atoms with Gasteiger partial charge in [-0.15, -0.1) is 0 Å². The van der Waals surface area contributed by atoms with E-state index in [0.717, 1.165) is 22.7 Å². The number of aromatic nitrogens is 1. The molecule has 0 fully saturated rings. The van der Waals surface area contributed by atoms with Crippen molar-refractivity contribution in [3.05, 3.63) is 78.1 Å². The lowest BCUT2D eigenvalue weighted by Gasteiger charge is -2.11. The van der Waals surface area contributed by atoms with Gasteiger partial charge in [-0.25, -0.2) is 4.99 Å². The van der Waals surface area contributed by atoms with Gasteiger partial charge in [-0.3, -0.25) is 4.98 Å². The summed E-state index contributed by atoms with van der Waals surface area (Å²) in [6.07, 6.45) is 1.75. The van der Waals surface area contributed by atoms with E-state index in [1.807, 2.05) is 48.5 Å². The summed E-state index contributed by atoms with van der Waals surface area (Å²) >= 11 is 0. The number of nitrogens with two attached hydrogens (primary N) is 1. The van der Waals surface area contributed by atoms with Crippen molar-refractivity contribution in [2.24, 2.45) is 10.7 Å². The summed E-state index contributed by atoms with van der Waals surface area (Å²) in [7, 11) is 3.18. The number of methoxy groups -OCH3 is 2. The first kappa shape index (κ1) is 20.0. The number of benzene rings is 2. The summed E-state index contributed by atoms with van der Waals surface area (Å²) < 4.78 is 16.3. The first-order valence-corrected chi connectivity index (χ1v) is 9.08. The molecule has 1 aromatic heterocycles. The molecular weight excluding hydrogens is 368 g/mol. The van der Waals surface area contributed by atoms with E-state index in [1.165, 1.54) is 0 Å². The van der Waals surface area contributed by atoms with E-state index in [4.69, 9.17) is 19.9 Å². The number of guanidine groups is 1. The summed E-state index contributed by atoms with van der Waals surface area (Å²) in [5.74, 6) is 2.32. The van der Waals surface area contributed by atoms with Crippen molar-refractivity contribution in [1.82, 2.24) is 4.98 Å². The number of nitrogens with zero attached hydrogens (tertiary/aromatic N) is 2. The summed E-state index contributed by atoms with van der Waals surface area (Å²) in [6, 6.07) is 18.9. The molecule has 0 aliphatic carbocycles. The van der Waals surface area contributed by atoms with E-state index in [9.17, 15) is 0 Å². The molecule has 0 bridgehead atoms. The maximum Gasteiger partial charge on any atom is 0.193 e. The number of hydrogen-bond acceptors (Lipinski definition) is 5. The van der Waals surface area contributed by atoms with E-state index >= 15 is 0 Å². The molecule has 0 unspecified atom stereocenters. The highest BCUT2D eigenvalue weighted by atomic mass is 16.5. The molecule has 0 aliphatic heterocycles. The molecule has 1 heterocycles. The highest BCUT2D eigenvalue weighted by molar-refractivity contribution is 5.92. The topological polar surface area (TPSA) is 91.0 Å². The molecule has 3 rings (SSSR count). The molecule has 0 saturated heterocycles. The zero-order chi connectivity index (χ0) is 20.5. The summed E-state index contributed by atoms with van der Waals surface area (Å²) in [6.45, 7) is 0.837. The van der Waals surface area contributed by atoms with Crippen LogP contribution in [0.25, 0.3) is 0 Å². The zero-order valence-corrected chi connectivity index (χ0v) is 16.5. The molecule has 150 valence electrons. The molecule has 0 saturated carbocycles. The minimum Gasteiger partial charge on any atom is -0.493 e. The van der Waals surface area contributed by atoms with Gasteiger partial charge in [0, 0.05) is 18.0 Å². The molecule has 0 radical (unpaired) electrons. The molecular formula is C22H24N4O3. The fraction of sp³-hybridized carbons (Fsp3) is 0.182. The van der Waals surface area contributed by atoms with Crippen LogP contribution in [0.15, 0.2) is 71.9 Å². The second-order valence-corrected chi connectivity index (χ2v) is 6.15. The Hall–Kier alpha value is -3.74. The van der Waals surface area contributed by atoms with Gasteiger partial charge in [0.05, 0.1) is 26.5 Å². The lowest BCUT2D eigenvalue weighted by molar-refractivity contribution is 0.301. The molecule has 0 spiro atoms. The fourth-order valence-corrected chi connectivity index (χ4v) is 2.65.